The molecule has 6 nitrogen and oxygen atoms in total. The van der Waals surface area contributed by atoms with Gasteiger partial charge < -0.3 is 20.1 Å². The maximum Gasteiger partial charge on any atom is 0.338 e. The van der Waals surface area contributed by atoms with Crippen LogP contribution in [0.2, 0.25) is 0 Å². The monoisotopic (exact) mass is 398 g/mol. The highest BCUT2D eigenvalue weighted by Crippen LogP contribution is 2.33. The van der Waals surface area contributed by atoms with E-state index in [0.717, 1.165) is 4.90 Å². The van der Waals surface area contributed by atoms with Crippen LogP contribution in [0.4, 0.5) is 4.79 Å². The number of rotatable bonds is 7. The van der Waals surface area contributed by atoms with Crippen LogP contribution in [0.15, 0.2) is 70.8 Å². The minimum absolute atomic E-state index is 0.266. The van der Waals surface area contributed by atoms with Gasteiger partial charge in [0.05, 0.1) is 18.7 Å². The van der Waals surface area contributed by atoms with Gasteiger partial charge in [-0.2, -0.15) is 0 Å². The molecule has 1 atom stereocenters. The van der Waals surface area contributed by atoms with E-state index in [4.69, 9.17) is 9.47 Å². The molecule has 0 unspecified atom stereocenters. The van der Waals surface area contributed by atoms with Gasteiger partial charge in [-0.15, -0.1) is 11.8 Å². The molecule has 0 bridgehead atoms. The first-order chi connectivity index (χ1) is 13.6. The van der Waals surface area contributed by atoms with E-state index in [-0.39, 0.29) is 12.6 Å². The number of allylic oxidation sites excluding steroid dienone is 1. The molecule has 0 radical (unpaired) electrons. The molecule has 1 aliphatic heterocycles. The van der Waals surface area contributed by atoms with Gasteiger partial charge in [-0.1, -0.05) is 36.4 Å². The molecule has 0 aliphatic carbocycles. The molecular formula is C21H22N2O4S. The summed E-state index contributed by atoms with van der Waals surface area (Å²) < 4.78 is 10.9. The third-order valence-electron chi connectivity index (χ3n) is 4.27. The number of carbonyl (C=O) groups excluding carboxylic acids is 2. The first-order valence-electron chi connectivity index (χ1n) is 8.86. The molecule has 3 rings (SSSR count). The van der Waals surface area contributed by atoms with Crippen molar-refractivity contribution in [3.05, 3.63) is 71.4 Å². The molecule has 0 saturated heterocycles. The zero-order valence-corrected chi connectivity index (χ0v) is 16.5. The summed E-state index contributed by atoms with van der Waals surface area (Å²) in [5.74, 6) is 0.767. The fourth-order valence-corrected chi connectivity index (χ4v) is 3.74. The Morgan fingerprint density at radius 1 is 1.11 bits per heavy atom. The molecule has 2 aromatic rings. The number of hydrogen-bond donors (Lipinski definition) is 2. The smallest absolute Gasteiger partial charge is 0.338 e. The van der Waals surface area contributed by atoms with E-state index >= 15 is 0 Å². The van der Waals surface area contributed by atoms with Crippen LogP contribution in [0.5, 0.6) is 5.75 Å². The first-order valence-corrected chi connectivity index (χ1v) is 9.85. The maximum atomic E-state index is 12.8. The van der Waals surface area contributed by atoms with Gasteiger partial charge in [-0.3, -0.25) is 0 Å². The third-order valence-corrected chi connectivity index (χ3v) is 5.24. The summed E-state index contributed by atoms with van der Waals surface area (Å²) in [5.41, 5.74) is 1.54. The Bertz CT molecular complexity index is 883. The van der Waals surface area contributed by atoms with E-state index < -0.39 is 12.0 Å². The number of para-hydroxylation sites is 1. The Morgan fingerprint density at radius 3 is 2.57 bits per heavy atom. The molecule has 7 heteroatoms. The predicted molar refractivity (Wildman–Crippen MR) is 108 cm³/mol. The highest BCUT2D eigenvalue weighted by atomic mass is 32.2. The van der Waals surface area contributed by atoms with Crippen LogP contribution < -0.4 is 15.4 Å². The summed E-state index contributed by atoms with van der Waals surface area (Å²) in [6.45, 7) is 1.96. The minimum Gasteiger partial charge on any atom is -0.496 e. The molecule has 146 valence electrons. The fourth-order valence-electron chi connectivity index (χ4n) is 2.99. The summed E-state index contributed by atoms with van der Waals surface area (Å²) in [6.07, 6.45) is 0. The van der Waals surface area contributed by atoms with E-state index in [9.17, 15) is 9.59 Å². The quantitative estimate of drug-likeness (QED) is 0.423. The van der Waals surface area contributed by atoms with Gasteiger partial charge in [-0.05, 0) is 25.1 Å². The zero-order chi connectivity index (χ0) is 19.9. The van der Waals surface area contributed by atoms with Crippen molar-refractivity contribution >= 4 is 23.8 Å². The predicted octanol–water partition coefficient (Wildman–Crippen LogP) is 3.66. The van der Waals surface area contributed by atoms with Crippen molar-refractivity contribution < 1.29 is 19.1 Å². The second kappa shape index (κ2) is 9.32. The Labute approximate surface area is 168 Å². The van der Waals surface area contributed by atoms with Gasteiger partial charge in [0.15, 0.2) is 0 Å². The average molecular weight is 398 g/mol. The normalized spacial score (nSPS) is 16.2. The molecule has 2 N–H and O–H groups in total. The van der Waals surface area contributed by atoms with Crippen LogP contribution in [0.3, 0.4) is 0 Å². The van der Waals surface area contributed by atoms with Crippen molar-refractivity contribution in [2.75, 3.05) is 19.5 Å². The Kier molecular flexibility index (Phi) is 6.60. The van der Waals surface area contributed by atoms with Gasteiger partial charge in [0.2, 0.25) is 0 Å². The minimum atomic E-state index is -0.640. The van der Waals surface area contributed by atoms with Crippen molar-refractivity contribution in [1.29, 1.82) is 0 Å². The van der Waals surface area contributed by atoms with Crippen LogP contribution in [0, 0.1) is 0 Å². The van der Waals surface area contributed by atoms with Crippen LogP contribution in [0.1, 0.15) is 18.5 Å². The number of benzene rings is 2. The van der Waals surface area contributed by atoms with E-state index in [1.165, 1.54) is 0 Å². The molecule has 0 aromatic heterocycles. The number of carbonyl (C=O) groups is 2. The highest BCUT2D eigenvalue weighted by Gasteiger charge is 2.33. The van der Waals surface area contributed by atoms with Crippen molar-refractivity contribution in [2.45, 2.75) is 17.9 Å². The Balaban J connectivity index is 1.72. The molecule has 0 fully saturated rings. The molecule has 1 aliphatic rings. The Morgan fingerprint density at radius 2 is 1.82 bits per heavy atom. The largest absolute Gasteiger partial charge is 0.496 e. The topological polar surface area (TPSA) is 76.7 Å². The number of hydrogen-bond acceptors (Lipinski definition) is 5. The van der Waals surface area contributed by atoms with Crippen molar-refractivity contribution in [3.63, 3.8) is 0 Å². The number of amides is 2. The molecule has 0 spiro atoms. The van der Waals surface area contributed by atoms with Crippen LogP contribution in [-0.4, -0.2) is 31.5 Å². The van der Waals surface area contributed by atoms with Crippen LogP contribution in [-0.2, 0) is 9.53 Å². The molecule has 0 saturated carbocycles. The number of thioether (sulfide) groups is 1. The molecule has 2 amide bonds. The van der Waals surface area contributed by atoms with Gasteiger partial charge >= 0.3 is 12.0 Å². The van der Waals surface area contributed by atoms with Gasteiger partial charge in [-0.25, -0.2) is 9.59 Å². The average Bonchev–Trinajstić information content (AvgIpc) is 2.71. The van der Waals surface area contributed by atoms with E-state index in [1.54, 1.807) is 31.9 Å². The van der Waals surface area contributed by atoms with E-state index in [2.05, 4.69) is 10.6 Å². The van der Waals surface area contributed by atoms with E-state index in [0.29, 0.717) is 28.3 Å². The highest BCUT2D eigenvalue weighted by molar-refractivity contribution is 7.99. The van der Waals surface area contributed by atoms with Crippen molar-refractivity contribution in [1.82, 2.24) is 10.6 Å². The molecule has 2 aromatic carbocycles. The molecule has 1 heterocycles. The van der Waals surface area contributed by atoms with Crippen LogP contribution in [0.25, 0.3) is 0 Å². The lowest BCUT2D eigenvalue weighted by Crippen LogP contribution is -2.45. The van der Waals surface area contributed by atoms with Crippen molar-refractivity contribution in [2.24, 2.45) is 0 Å². The van der Waals surface area contributed by atoms with Gasteiger partial charge in [0.1, 0.15) is 12.4 Å². The standard InChI is InChI=1S/C21H22N2O4S/c1-14-18(20(24)27-12-13-28-15-8-4-3-5-9-15)19(23-21(25)22-14)16-10-6-7-11-17(16)26-2/h3-11,19H,12-13H2,1-2H3,(H2,22,23,25)/t19-/m1/s1. The number of nitrogens with one attached hydrogen (secondary N) is 2. The summed E-state index contributed by atoms with van der Waals surface area (Å²) >= 11 is 1.61. The summed E-state index contributed by atoms with van der Waals surface area (Å²) in [7, 11) is 1.55. The number of esters is 1. The van der Waals surface area contributed by atoms with Gasteiger partial charge in [0.25, 0.3) is 0 Å². The second-order valence-corrected chi connectivity index (χ2v) is 7.28. The van der Waals surface area contributed by atoms with E-state index in [1.807, 2.05) is 48.5 Å². The number of methoxy groups -OCH3 is 1. The summed E-state index contributed by atoms with van der Waals surface area (Å²) in [6, 6.07) is 16.2. The zero-order valence-electron chi connectivity index (χ0n) is 15.7. The summed E-state index contributed by atoms with van der Waals surface area (Å²) in [5, 5.41) is 5.44. The lowest BCUT2D eigenvalue weighted by Gasteiger charge is -2.29. The number of ether oxygens (including phenoxy) is 2. The second-order valence-electron chi connectivity index (χ2n) is 6.11. The Hall–Kier alpha value is -2.93. The van der Waals surface area contributed by atoms with Crippen LogP contribution >= 0.6 is 11.8 Å². The molecular weight excluding hydrogens is 376 g/mol. The van der Waals surface area contributed by atoms with Gasteiger partial charge in [0, 0.05) is 21.9 Å². The molecule has 28 heavy (non-hydrogen) atoms. The lowest BCUT2D eigenvalue weighted by atomic mass is 9.95. The summed E-state index contributed by atoms with van der Waals surface area (Å²) in [4.78, 5) is 25.9. The lowest BCUT2D eigenvalue weighted by molar-refractivity contribution is -0.138. The fraction of sp³-hybridized carbons (Fsp3) is 0.238. The third kappa shape index (κ3) is 4.67. The number of urea groups is 1. The first kappa shape index (κ1) is 19.8. The maximum absolute atomic E-state index is 12.8. The van der Waals surface area contributed by atoms with Crippen molar-refractivity contribution in [3.8, 4) is 5.75 Å². The SMILES string of the molecule is COc1ccccc1[C@H]1NC(=O)NC(C)=C1C(=O)OCCSc1ccccc1.